The summed E-state index contributed by atoms with van der Waals surface area (Å²) in [7, 11) is -3.70. The third-order valence-electron chi connectivity index (χ3n) is 4.46. The van der Waals surface area contributed by atoms with E-state index in [9.17, 15) is 18.0 Å². The van der Waals surface area contributed by atoms with Gasteiger partial charge in [0.15, 0.2) is 12.4 Å². The summed E-state index contributed by atoms with van der Waals surface area (Å²) in [6.07, 6.45) is 1.34. The van der Waals surface area contributed by atoms with Gasteiger partial charge in [-0.1, -0.05) is 12.1 Å². The second kappa shape index (κ2) is 7.67. The monoisotopic (exact) mass is 393 g/mol. The van der Waals surface area contributed by atoms with Crippen molar-refractivity contribution in [1.82, 2.24) is 10.2 Å². The minimum Gasteiger partial charge on any atom is -0.455 e. The number of hydrogen-bond donors (Lipinski definition) is 1. The highest BCUT2D eigenvalue weighted by atomic mass is 32.2. The van der Waals surface area contributed by atoms with Gasteiger partial charge in [-0.2, -0.15) is 8.42 Å². The molecule has 0 saturated carbocycles. The normalized spacial score (nSPS) is 20.8. The molecule has 0 aliphatic carbocycles. The van der Waals surface area contributed by atoms with Crippen molar-refractivity contribution < 1.29 is 22.7 Å². The number of carbonyl (C=O) groups is 2. The first-order valence-corrected chi connectivity index (χ1v) is 10.4. The van der Waals surface area contributed by atoms with Crippen LogP contribution in [0, 0.1) is 5.92 Å². The lowest BCUT2D eigenvalue weighted by atomic mass is 9.97. The summed E-state index contributed by atoms with van der Waals surface area (Å²) in [6.45, 7) is 4.26. The van der Waals surface area contributed by atoms with Crippen LogP contribution in [-0.2, 0) is 24.3 Å². The first-order valence-electron chi connectivity index (χ1n) is 8.93. The maximum Gasteiger partial charge on any atom is 0.311 e. The zero-order valence-electron chi connectivity index (χ0n) is 15.3. The van der Waals surface area contributed by atoms with E-state index >= 15 is 0 Å². The second-order valence-electron chi connectivity index (χ2n) is 7.00. The molecule has 2 heterocycles. The number of piperidine rings is 1. The van der Waals surface area contributed by atoms with Crippen LogP contribution in [0.3, 0.4) is 0 Å². The Bertz CT molecular complexity index is 879. The number of nitrogens with one attached hydrogen (secondary N) is 1. The maximum absolute atomic E-state index is 12.3. The van der Waals surface area contributed by atoms with Crippen LogP contribution in [0.5, 0.6) is 0 Å². The summed E-state index contributed by atoms with van der Waals surface area (Å²) in [4.78, 5) is 26.0. The first-order chi connectivity index (χ1) is 12.8. The number of esters is 1. The van der Waals surface area contributed by atoms with Gasteiger partial charge >= 0.3 is 5.97 Å². The van der Waals surface area contributed by atoms with Gasteiger partial charge in [0.25, 0.3) is 15.9 Å². The quantitative estimate of drug-likeness (QED) is 0.763. The molecule has 3 rings (SSSR count). The summed E-state index contributed by atoms with van der Waals surface area (Å²) < 4.78 is 33.5. The highest BCUT2D eigenvalue weighted by molar-refractivity contribution is 7.90. The Morgan fingerprint density at radius 2 is 2.07 bits per heavy atom. The van der Waals surface area contributed by atoms with Gasteiger partial charge in [0, 0.05) is 24.7 Å². The third kappa shape index (κ3) is 4.29. The molecule has 27 heavy (non-hydrogen) atoms. The molecule has 1 atom stereocenters. The number of carbonyl (C=O) groups excluding carboxylic acids is 2. The predicted octanol–water partition coefficient (Wildman–Crippen LogP) is 0.915. The van der Waals surface area contributed by atoms with E-state index in [0.717, 1.165) is 0 Å². The Balaban J connectivity index is 1.67. The Hall–Kier alpha value is -2.42. The molecule has 9 heteroatoms. The van der Waals surface area contributed by atoms with Gasteiger partial charge in [-0.15, -0.1) is 4.40 Å². The highest BCUT2D eigenvalue weighted by Gasteiger charge is 2.35. The number of amides is 1. The van der Waals surface area contributed by atoms with Gasteiger partial charge in [0.05, 0.1) is 5.92 Å². The Kier molecular flexibility index (Phi) is 5.50. The van der Waals surface area contributed by atoms with Crippen LogP contribution < -0.4 is 5.32 Å². The molecule has 1 amide bonds. The van der Waals surface area contributed by atoms with Crippen molar-refractivity contribution in [3.05, 3.63) is 29.8 Å². The zero-order valence-corrected chi connectivity index (χ0v) is 16.2. The van der Waals surface area contributed by atoms with Gasteiger partial charge in [-0.05, 0) is 38.8 Å². The molecule has 1 aromatic carbocycles. The molecule has 1 fully saturated rings. The number of likely N-dealkylation sites (tertiary alicyclic amines) is 1. The molecular weight excluding hydrogens is 370 g/mol. The number of sulfonamides is 1. The van der Waals surface area contributed by atoms with Crippen LogP contribution in [0.2, 0.25) is 0 Å². The molecule has 0 aromatic heterocycles. The fourth-order valence-corrected chi connectivity index (χ4v) is 4.52. The smallest absolute Gasteiger partial charge is 0.311 e. The van der Waals surface area contributed by atoms with Crippen molar-refractivity contribution in [2.24, 2.45) is 10.3 Å². The van der Waals surface area contributed by atoms with Crippen LogP contribution in [0.4, 0.5) is 0 Å². The highest BCUT2D eigenvalue weighted by Crippen LogP contribution is 2.29. The maximum atomic E-state index is 12.3. The van der Waals surface area contributed by atoms with Crippen molar-refractivity contribution in [1.29, 1.82) is 0 Å². The van der Waals surface area contributed by atoms with Gasteiger partial charge < -0.3 is 15.0 Å². The van der Waals surface area contributed by atoms with Gasteiger partial charge in [-0.25, -0.2) is 0 Å². The van der Waals surface area contributed by atoms with Crippen molar-refractivity contribution in [2.75, 3.05) is 19.7 Å². The molecule has 8 nitrogen and oxygen atoms in total. The second-order valence-corrected chi connectivity index (χ2v) is 8.57. The minimum absolute atomic E-state index is 0.0243. The van der Waals surface area contributed by atoms with E-state index in [4.69, 9.17) is 4.74 Å². The topological polar surface area (TPSA) is 105 Å². The summed E-state index contributed by atoms with van der Waals surface area (Å²) in [5.41, 5.74) is 0.558. The van der Waals surface area contributed by atoms with Crippen molar-refractivity contribution >= 4 is 27.7 Å². The van der Waals surface area contributed by atoms with Crippen LogP contribution in [-0.4, -0.2) is 56.8 Å². The van der Waals surface area contributed by atoms with Crippen molar-refractivity contribution in [2.45, 2.75) is 37.6 Å². The standard InChI is InChI=1S/C18H23N3O5S/c1-12(2)19-16(22)11-26-18(23)13-6-5-9-21(10-13)17-14-7-3-4-8-15(14)27(24,25)20-17/h3-4,7-8,12-13H,5-6,9-11H2,1-2H3,(H,19,22)/t13-/m0/s1. The van der Waals surface area contributed by atoms with Gasteiger partial charge in [0.2, 0.25) is 0 Å². The third-order valence-corrected chi connectivity index (χ3v) is 5.79. The summed E-state index contributed by atoms with van der Waals surface area (Å²) in [5, 5.41) is 2.66. The average Bonchev–Trinajstić information content (AvgIpc) is 2.91. The minimum atomic E-state index is -3.70. The molecule has 1 N–H and O–H groups in total. The van der Waals surface area contributed by atoms with Crippen molar-refractivity contribution in [3.8, 4) is 0 Å². The van der Waals surface area contributed by atoms with E-state index in [1.165, 1.54) is 6.07 Å². The molecule has 146 valence electrons. The molecule has 1 aromatic rings. The number of rotatable bonds is 4. The van der Waals surface area contributed by atoms with Crippen LogP contribution in [0.15, 0.2) is 33.6 Å². The molecule has 2 aliphatic heterocycles. The SMILES string of the molecule is CC(C)NC(=O)COC(=O)[C@H]1CCCN(C2=NS(=O)(=O)c3ccccc32)C1. The summed E-state index contributed by atoms with van der Waals surface area (Å²) >= 11 is 0. The van der Waals surface area contributed by atoms with Gasteiger partial charge in [-0.3, -0.25) is 9.59 Å². The van der Waals surface area contributed by atoms with Gasteiger partial charge in [0.1, 0.15) is 4.90 Å². The van der Waals surface area contributed by atoms with E-state index < -0.39 is 21.9 Å². The van der Waals surface area contributed by atoms with Crippen LogP contribution in [0.25, 0.3) is 0 Å². The number of amidine groups is 1. The van der Waals surface area contributed by atoms with Crippen LogP contribution in [0.1, 0.15) is 32.3 Å². The molecule has 0 spiro atoms. The fraction of sp³-hybridized carbons (Fsp3) is 0.500. The van der Waals surface area contributed by atoms with Crippen LogP contribution >= 0.6 is 0 Å². The Morgan fingerprint density at radius 1 is 1.33 bits per heavy atom. The molecule has 1 saturated heterocycles. The lowest BCUT2D eigenvalue weighted by molar-refractivity contribution is -0.153. The van der Waals surface area contributed by atoms with Crippen molar-refractivity contribution in [3.63, 3.8) is 0 Å². The van der Waals surface area contributed by atoms with E-state index in [2.05, 4.69) is 9.71 Å². The largest absolute Gasteiger partial charge is 0.455 e. The summed E-state index contributed by atoms with van der Waals surface area (Å²) in [6, 6.07) is 6.65. The predicted molar refractivity (Wildman–Crippen MR) is 98.7 cm³/mol. The van der Waals surface area contributed by atoms with E-state index in [-0.39, 0.29) is 23.5 Å². The molecular formula is C18H23N3O5S. The number of fused-ring (bicyclic) bond motifs is 1. The first kappa shape index (κ1) is 19.3. The Labute approximate surface area is 158 Å². The molecule has 0 bridgehead atoms. The summed E-state index contributed by atoms with van der Waals surface area (Å²) in [5.74, 6) is -0.844. The average molecular weight is 393 g/mol. The lowest BCUT2D eigenvalue weighted by Crippen LogP contribution is -2.43. The number of hydrogen-bond acceptors (Lipinski definition) is 6. The van der Waals surface area contributed by atoms with E-state index in [0.29, 0.717) is 37.3 Å². The molecule has 0 unspecified atom stereocenters. The number of benzene rings is 1. The number of nitrogens with zero attached hydrogens (tertiary/aromatic N) is 2. The zero-order chi connectivity index (χ0) is 19.6. The Morgan fingerprint density at radius 3 is 2.81 bits per heavy atom. The fourth-order valence-electron chi connectivity index (χ4n) is 3.30. The lowest BCUT2D eigenvalue weighted by Gasteiger charge is -2.32. The van der Waals surface area contributed by atoms with E-state index in [1.807, 2.05) is 18.7 Å². The molecule has 0 radical (unpaired) electrons. The number of ether oxygens (including phenoxy) is 1. The molecule has 2 aliphatic rings. The van der Waals surface area contributed by atoms with E-state index in [1.54, 1.807) is 18.2 Å².